The summed E-state index contributed by atoms with van der Waals surface area (Å²) in [5.41, 5.74) is 9.30. The van der Waals surface area contributed by atoms with Gasteiger partial charge in [0.25, 0.3) is 11.8 Å². The Bertz CT molecular complexity index is 2800. The summed E-state index contributed by atoms with van der Waals surface area (Å²) < 4.78 is 53.8. The minimum absolute atomic E-state index is 0.00728. The van der Waals surface area contributed by atoms with E-state index in [0.717, 1.165) is 55.4 Å². The first-order chi connectivity index (χ1) is 31.2. The van der Waals surface area contributed by atoms with Gasteiger partial charge in [-0.05, 0) is 73.3 Å². The number of hydrogen-bond donors (Lipinski definition) is 5. The van der Waals surface area contributed by atoms with Gasteiger partial charge in [-0.1, -0.05) is 18.2 Å². The lowest BCUT2D eigenvalue weighted by Crippen LogP contribution is -2.46. The zero-order chi connectivity index (χ0) is 45.8. The number of amides is 4. The van der Waals surface area contributed by atoms with Gasteiger partial charge in [-0.15, -0.1) is 0 Å². The van der Waals surface area contributed by atoms with E-state index >= 15 is 0 Å². The van der Waals surface area contributed by atoms with E-state index in [1.807, 2.05) is 30.3 Å². The Labute approximate surface area is 368 Å². The summed E-state index contributed by atoms with van der Waals surface area (Å²) in [5.74, 6) is -2.52. The van der Waals surface area contributed by atoms with Gasteiger partial charge in [-0.2, -0.15) is 18.3 Å². The van der Waals surface area contributed by atoms with E-state index in [0.29, 0.717) is 30.9 Å². The summed E-state index contributed by atoms with van der Waals surface area (Å²) in [6, 6.07) is 15.3. The van der Waals surface area contributed by atoms with E-state index in [4.69, 9.17) is 14.9 Å². The standard InChI is InChI=1S/C43H45F3N12O7/c1-55-34-17-25(6-9-32(34)58(42(55)63)33-10-11-36(59)53-40(33)62)3-2-14-56-15-16-64-29(21-56)20-48-19-26-4-7-28(8-5-26)57-22-30(37(54-57)38(47)60)51-39(61)31-23-65-41(52-31)27-12-13-49-35(18-27)50-24-43(44,45)46/h4-9,12-13,17-18,22-23,29,33,48H,2-3,10-11,14-16,19-21,24H2,1H3,(H2,47,60)(H,49,50)(H,51,61)(H,53,59,62)/t29-,33?/m1/s1. The van der Waals surface area contributed by atoms with Crippen LogP contribution in [0.2, 0.25) is 0 Å². The monoisotopic (exact) mass is 898 g/mol. The van der Waals surface area contributed by atoms with Gasteiger partial charge in [0.15, 0.2) is 11.4 Å². The predicted octanol–water partition coefficient (Wildman–Crippen LogP) is 3.30. The molecule has 22 heteroatoms. The number of imidazole rings is 1. The largest absolute Gasteiger partial charge is 0.444 e. The summed E-state index contributed by atoms with van der Waals surface area (Å²) in [6.07, 6.45) is 1.50. The number of halogens is 3. The van der Waals surface area contributed by atoms with E-state index < -0.39 is 36.5 Å². The number of oxazole rings is 1. The molecular formula is C43H45F3N12O7. The molecule has 2 aliphatic rings. The number of hydrogen-bond acceptors (Lipinski definition) is 13. The molecule has 6 heterocycles. The Kier molecular flexibility index (Phi) is 12.9. The van der Waals surface area contributed by atoms with Gasteiger partial charge in [0.1, 0.15) is 24.7 Å². The number of morpholine rings is 1. The summed E-state index contributed by atoms with van der Waals surface area (Å²) >= 11 is 0. The van der Waals surface area contributed by atoms with Crippen LogP contribution >= 0.6 is 0 Å². The van der Waals surface area contributed by atoms with Crippen molar-refractivity contribution in [2.45, 2.75) is 50.6 Å². The van der Waals surface area contributed by atoms with E-state index in [1.54, 1.807) is 23.7 Å². The number of ether oxygens (including phenoxy) is 1. The number of benzene rings is 2. The number of fused-ring (bicyclic) bond motifs is 1. The summed E-state index contributed by atoms with van der Waals surface area (Å²) in [4.78, 5) is 73.2. The number of carbonyl (C=O) groups is 4. The zero-order valence-corrected chi connectivity index (χ0v) is 35.1. The maximum atomic E-state index is 13.1. The average Bonchev–Trinajstić information content (AvgIpc) is 4.01. The molecule has 0 radical (unpaired) electrons. The highest BCUT2D eigenvalue weighted by Crippen LogP contribution is 2.26. The quantitative estimate of drug-likeness (QED) is 0.0878. The molecule has 2 aliphatic heterocycles. The number of alkyl halides is 3. The molecule has 0 aliphatic carbocycles. The number of imide groups is 1. The third-order valence-electron chi connectivity index (χ3n) is 11.1. The van der Waals surface area contributed by atoms with Crippen LogP contribution in [0.1, 0.15) is 57.4 Å². The van der Waals surface area contributed by atoms with Gasteiger partial charge in [-0.25, -0.2) is 19.4 Å². The lowest BCUT2D eigenvalue weighted by atomic mass is 10.0. The van der Waals surface area contributed by atoms with Crippen molar-refractivity contribution in [3.05, 3.63) is 106 Å². The number of aryl methyl sites for hydroxylation is 2. The highest BCUT2D eigenvalue weighted by Gasteiger charge is 2.32. The van der Waals surface area contributed by atoms with Crippen molar-refractivity contribution >= 4 is 46.2 Å². The van der Waals surface area contributed by atoms with E-state index in [2.05, 4.69) is 41.2 Å². The molecule has 65 heavy (non-hydrogen) atoms. The first-order valence-electron chi connectivity index (χ1n) is 20.8. The number of piperidine rings is 1. The maximum Gasteiger partial charge on any atom is 0.405 e. The van der Waals surface area contributed by atoms with Crippen molar-refractivity contribution in [3.63, 3.8) is 0 Å². The molecule has 1 unspecified atom stereocenters. The molecule has 2 aromatic carbocycles. The van der Waals surface area contributed by atoms with E-state index in [-0.39, 0.29) is 64.9 Å². The van der Waals surface area contributed by atoms with Gasteiger partial charge in [0, 0.05) is 51.4 Å². The van der Waals surface area contributed by atoms with Crippen molar-refractivity contribution in [1.29, 1.82) is 0 Å². The van der Waals surface area contributed by atoms with Crippen molar-refractivity contribution in [3.8, 4) is 17.1 Å². The minimum Gasteiger partial charge on any atom is -0.444 e. The molecule has 6 aromatic rings. The Morgan fingerprint density at radius 2 is 1.83 bits per heavy atom. The molecule has 2 fully saturated rings. The summed E-state index contributed by atoms with van der Waals surface area (Å²) in [5, 5.41) is 14.8. The van der Waals surface area contributed by atoms with Gasteiger partial charge in [-0.3, -0.25) is 38.5 Å². The van der Waals surface area contributed by atoms with Crippen molar-refractivity contribution in [2.24, 2.45) is 12.8 Å². The molecule has 2 saturated heterocycles. The molecular weight excluding hydrogens is 854 g/mol. The first kappa shape index (κ1) is 44.4. The van der Waals surface area contributed by atoms with Crippen LogP contribution in [-0.4, -0.2) is 109 Å². The lowest BCUT2D eigenvalue weighted by molar-refractivity contribution is -0.135. The second kappa shape index (κ2) is 18.9. The highest BCUT2D eigenvalue weighted by atomic mass is 19.4. The molecule has 19 nitrogen and oxygen atoms in total. The molecule has 0 spiro atoms. The third-order valence-corrected chi connectivity index (χ3v) is 11.1. The van der Waals surface area contributed by atoms with Gasteiger partial charge >= 0.3 is 11.9 Å². The van der Waals surface area contributed by atoms with E-state index in [1.165, 1.54) is 33.8 Å². The topological polar surface area (TPSA) is 239 Å². The van der Waals surface area contributed by atoms with Gasteiger partial charge in [0.05, 0.1) is 41.3 Å². The number of pyridine rings is 1. The fourth-order valence-corrected chi connectivity index (χ4v) is 7.88. The number of primary amides is 1. The van der Waals surface area contributed by atoms with Gasteiger partial charge in [0.2, 0.25) is 17.7 Å². The van der Waals surface area contributed by atoms with Crippen molar-refractivity contribution in [1.82, 2.24) is 44.4 Å². The van der Waals surface area contributed by atoms with Crippen LogP contribution in [0.15, 0.2) is 82.5 Å². The lowest BCUT2D eigenvalue weighted by Gasteiger charge is -2.33. The van der Waals surface area contributed by atoms with Crippen LogP contribution in [0.4, 0.5) is 24.7 Å². The van der Waals surface area contributed by atoms with E-state index in [9.17, 15) is 37.1 Å². The number of nitrogens with zero attached hydrogens (tertiary/aromatic N) is 7. The summed E-state index contributed by atoms with van der Waals surface area (Å²) in [7, 11) is 1.69. The van der Waals surface area contributed by atoms with Crippen LogP contribution in [0.5, 0.6) is 0 Å². The first-order valence-corrected chi connectivity index (χ1v) is 20.8. The van der Waals surface area contributed by atoms with Crippen LogP contribution < -0.4 is 32.7 Å². The third kappa shape index (κ3) is 10.5. The Hall–Kier alpha value is -7.17. The minimum atomic E-state index is -4.45. The van der Waals surface area contributed by atoms with Crippen LogP contribution in [0, 0.1) is 0 Å². The van der Waals surface area contributed by atoms with Crippen LogP contribution in [-0.2, 0) is 34.3 Å². The fraction of sp³-hybridized carbons (Fsp3) is 0.349. The second-order valence-corrected chi connectivity index (χ2v) is 15.8. The number of nitrogens with two attached hydrogens (primary N) is 1. The number of carbonyl (C=O) groups excluding carboxylic acids is 4. The molecule has 340 valence electrons. The number of anilines is 2. The normalized spacial score (nSPS) is 17.0. The highest BCUT2D eigenvalue weighted by molar-refractivity contribution is 6.07. The predicted molar refractivity (Wildman–Crippen MR) is 229 cm³/mol. The van der Waals surface area contributed by atoms with Crippen LogP contribution in [0.3, 0.4) is 0 Å². The second-order valence-electron chi connectivity index (χ2n) is 15.8. The number of nitrogens with one attached hydrogen (secondary N) is 4. The molecule has 0 bridgehead atoms. The maximum absolute atomic E-state index is 13.1. The molecule has 0 saturated carbocycles. The molecule has 8 rings (SSSR count). The number of rotatable bonds is 16. The Balaban J connectivity index is 0.804. The molecule has 4 aromatic heterocycles. The molecule has 2 atom stereocenters. The average molecular weight is 899 g/mol. The molecule has 6 N–H and O–H groups in total. The van der Waals surface area contributed by atoms with Gasteiger partial charge < -0.3 is 30.8 Å². The van der Waals surface area contributed by atoms with Crippen molar-refractivity contribution in [2.75, 3.05) is 50.0 Å². The van der Waals surface area contributed by atoms with Crippen molar-refractivity contribution < 1.29 is 41.5 Å². The summed E-state index contributed by atoms with van der Waals surface area (Å²) in [6.45, 7) is 2.98. The SMILES string of the molecule is Cn1c(=O)n(C2CCC(=O)NC2=O)c2ccc(CCCN3CCO[C@H](CNCc4ccc(-n5cc(NC(=O)c6coc(-c7ccnc(NCC(F)(F)F)c7)n6)c(C(N)=O)n5)cc4)C3)cc21. The van der Waals surface area contributed by atoms with Crippen LogP contribution in [0.25, 0.3) is 28.2 Å². The zero-order valence-electron chi connectivity index (χ0n) is 35.1. The molecule has 4 amide bonds. The smallest absolute Gasteiger partial charge is 0.405 e. The number of aromatic nitrogens is 6. The fourth-order valence-electron chi connectivity index (χ4n) is 7.88. The Morgan fingerprint density at radius 3 is 2.60 bits per heavy atom. The Morgan fingerprint density at radius 1 is 1.03 bits per heavy atom.